The van der Waals surface area contributed by atoms with Gasteiger partial charge in [0.1, 0.15) is 0 Å². The lowest BCUT2D eigenvalue weighted by Crippen LogP contribution is -2.03. The van der Waals surface area contributed by atoms with E-state index in [1.54, 1.807) is 17.5 Å². The maximum absolute atomic E-state index is 4.57. The molecule has 0 saturated carbocycles. The van der Waals surface area contributed by atoms with Gasteiger partial charge in [-0.15, -0.1) is 0 Å². The second-order valence-corrected chi connectivity index (χ2v) is 5.77. The summed E-state index contributed by atoms with van der Waals surface area (Å²) < 4.78 is 3.00. The molecule has 0 aliphatic carbocycles. The topological polar surface area (TPSA) is 55.6 Å². The molecule has 6 heteroatoms. The number of anilines is 1. The van der Waals surface area contributed by atoms with Crippen LogP contribution in [0.25, 0.3) is 10.3 Å². The van der Waals surface area contributed by atoms with Gasteiger partial charge in [0, 0.05) is 26.0 Å². The van der Waals surface area contributed by atoms with Crippen molar-refractivity contribution in [3.63, 3.8) is 0 Å². The van der Waals surface area contributed by atoms with Crippen molar-refractivity contribution in [2.75, 3.05) is 11.9 Å². The first-order valence-electron chi connectivity index (χ1n) is 6.67. The summed E-state index contributed by atoms with van der Waals surface area (Å²) in [6, 6.07) is 4.09. The van der Waals surface area contributed by atoms with E-state index >= 15 is 0 Å². The molecule has 0 spiro atoms. The van der Waals surface area contributed by atoms with E-state index in [1.807, 2.05) is 30.9 Å². The number of rotatable bonds is 5. The van der Waals surface area contributed by atoms with E-state index in [-0.39, 0.29) is 0 Å². The molecule has 3 rings (SSSR count). The van der Waals surface area contributed by atoms with Crippen molar-refractivity contribution in [3.05, 3.63) is 35.8 Å². The maximum Gasteiger partial charge on any atom is 0.185 e. The molecule has 0 aliphatic rings. The minimum atomic E-state index is 0.918. The Morgan fingerprint density at radius 2 is 2.30 bits per heavy atom. The van der Waals surface area contributed by atoms with Crippen molar-refractivity contribution >= 4 is 26.8 Å². The first-order valence-corrected chi connectivity index (χ1v) is 7.48. The average molecular weight is 287 g/mol. The number of nitrogens with one attached hydrogen (secondary N) is 1. The highest BCUT2D eigenvalue weighted by atomic mass is 32.1. The van der Waals surface area contributed by atoms with Gasteiger partial charge in [-0.2, -0.15) is 5.10 Å². The van der Waals surface area contributed by atoms with E-state index in [9.17, 15) is 0 Å². The normalized spacial score (nSPS) is 11.1. The van der Waals surface area contributed by atoms with Crippen molar-refractivity contribution < 1.29 is 0 Å². The third-order valence-corrected chi connectivity index (χ3v) is 4.30. The molecule has 0 amide bonds. The monoisotopic (exact) mass is 287 g/mol. The molecule has 0 fully saturated rings. The molecule has 5 nitrogen and oxygen atoms in total. The quantitative estimate of drug-likeness (QED) is 0.733. The van der Waals surface area contributed by atoms with Crippen LogP contribution in [0.1, 0.15) is 17.7 Å². The Morgan fingerprint density at radius 3 is 3.05 bits per heavy atom. The Labute approximate surface area is 121 Å². The third kappa shape index (κ3) is 2.65. The SMILES string of the molecule is Cc1nn(C)c2nc(NCCCc3cccnc3)sc12. The number of hydrogen-bond donors (Lipinski definition) is 1. The molecule has 0 radical (unpaired) electrons. The van der Waals surface area contributed by atoms with Gasteiger partial charge in [0.15, 0.2) is 10.8 Å². The summed E-state index contributed by atoms with van der Waals surface area (Å²) in [6.45, 7) is 2.94. The van der Waals surface area contributed by atoms with Gasteiger partial charge >= 0.3 is 0 Å². The second kappa shape index (κ2) is 5.58. The lowest BCUT2D eigenvalue weighted by atomic mass is 10.2. The van der Waals surface area contributed by atoms with E-state index in [0.717, 1.165) is 35.9 Å². The Kier molecular flexibility index (Phi) is 3.64. The standard InChI is InChI=1S/C14H17N5S/c1-10-12-13(19(2)18-10)17-14(20-12)16-8-4-6-11-5-3-7-15-9-11/h3,5,7,9H,4,6,8H2,1-2H3,(H,16,17). The van der Waals surface area contributed by atoms with Gasteiger partial charge in [-0.1, -0.05) is 17.4 Å². The van der Waals surface area contributed by atoms with Crippen LogP contribution in [0.2, 0.25) is 0 Å². The predicted octanol–water partition coefficient (Wildman–Crippen LogP) is 2.78. The number of hydrogen-bond acceptors (Lipinski definition) is 5. The van der Waals surface area contributed by atoms with Gasteiger partial charge in [0.05, 0.1) is 10.4 Å². The number of pyridine rings is 1. The van der Waals surface area contributed by atoms with E-state index in [1.165, 1.54) is 10.3 Å². The first kappa shape index (κ1) is 13.1. The summed E-state index contributed by atoms with van der Waals surface area (Å²) >= 11 is 1.67. The molecule has 1 N–H and O–H groups in total. The molecule has 20 heavy (non-hydrogen) atoms. The van der Waals surface area contributed by atoms with Crippen molar-refractivity contribution in [1.82, 2.24) is 19.7 Å². The van der Waals surface area contributed by atoms with Crippen molar-refractivity contribution in [2.45, 2.75) is 19.8 Å². The summed E-state index contributed by atoms with van der Waals surface area (Å²) in [5.41, 5.74) is 3.28. The van der Waals surface area contributed by atoms with Gasteiger partial charge in [0.2, 0.25) is 0 Å². The van der Waals surface area contributed by atoms with Crippen LogP contribution in [-0.2, 0) is 13.5 Å². The van der Waals surface area contributed by atoms with Crippen LogP contribution in [0.4, 0.5) is 5.13 Å². The summed E-state index contributed by atoms with van der Waals surface area (Å²) in [6.07, 6.45) is 5.83. The Balaban J connectivity index is 1.56. The molecular formula is C14H17N5S. The number of fused-ring (bicyclic) bond motifs is 1. The Hall–Kier alpha value is -1.95. The smallest absolute Gasteiger partial charge is 0.185 e. The van der Waals surface area contributed by atoms with Crippen LogP contribution in [0.3, 0.4) is 0 Å². The van der Waals surface area contributed by atoms with Crippen LogP contribution in [0.15, 0.2) is 24.5 Å². The number of aromatic nitrogens is 4. The zero-order valence-electron chi connectivity index (χ0n) is 11.6. The van der Waals surface area contributed by atoms with Gasteiger partial charge in [-0.25, -0.2) is 9.67 Å². The molecule has 3 aromatic rings. The number of aryl methyl sites for hydroxylation is 3. The van der Waals surface area contributed by atoms with E-state index in [2.05, 4.69) is 26.4 Å². The molecule has 0 atom stereocenters. The summed E-state index contributed by atoms with van der Waals surface area (Å²) in [7, 11) is 1.93. The van der Waals surface area contributed by atoms with Gasteiger partial charge < -0.3 is 5.32 Å². The van der Waals surface area contributed by atoms with Crippen molar-refractivity contribution in [2.24, 2.45) is 7.05 Å². The van der Waals surface area contributed by atoms with Gasteiger partial charge in [-0.05, 0) is 31.4 Å². The fourth-order valence-corrected chi connectivity index (χ4v) is 3.15. The fraction of sp³-hybridized carbons (Fsp3) is 0.357. The van der Waals surface area contributed by atoms with Gasteiger partial charge in [0.25, 0.3) is 0 Å². The van der Waals surface area contributed by atoms with E-state index in [0.29, 0.717) is 0 Å². The predicted molar refractivity (Wildman–Crippen MR) is 82.2 cm³/mol. The summed E-state index contributed by atoms with van der Waals surface area (Å²) in [5.74, 6) is 0. The lowest BCUT2D eigenvalue weighted by Gasteiger charge is -2.02. The van der Waals surface area contributed by atoms with Crippen molar-refractivity contribution in [1.29, 1.82) is 0 Å². The van der Waals surface area contributed by atoms with Gasteiger partial charge in [-0.3, -0.25) is 4.98 Å². The molecule has 0 unspecified atom stereocenters. The average Bonchev–Trinajstić information content (AvgIpc) is 2.98. The van der Waals surface area contributed by atoms with E-state index < -0.39 is 0 Å². The van der Waals surface area contributed by atoms with Crippen LogP contribution >= 0.6 is 11.3 Å². The van der Waals surface area contributed by atoms with Crippen LogP contribution in [0, 0.1) is 6.92 Å². The second-order valence-electron chi connectivity index (χ2n) is 4.77. The molecule has 3 heterocycles. The third-order valence-electron chi connectivity index (χ3n) is 3.19. The fourth-order valence-electron chi connectivity index (χ4n) is 2.19. The highest BCUT2D eigenvalue weighted by molar-refractivity contribution is 7.22. The zero-order valence-corrected chi connectivity index (χ0v) is 12.4. The molecule has 0 bridgehead atoms. The molecule has 0 saturated heterocycles. The Bertz CT molecular complexity index is 667. The van der Waals surface area contributed by atoms with E-state index in [4.69, 9.17) is 0 Å². The highest BCUT2D eigenvalue weighted by Gasteiger charge is 2.11. The zero-order chi connectivity index (χ0) is 13.9. The molecular weight excluding hydrogens is 270 g/mol. The summed E-state index contributed by atoms with van der Waals surface area (Å²) in [5, 5.41) is 8.72. The molecule has 0 aromatic carbocycles. The number of thiazole rings is 1. The largest absolute Gasteiger partial charge is 0.361 e. The number of nitrogens with zero attached hydrogens (tertiary/aromatic N) is 4. The van der Waals surface area contributed by atoms with Crippen LogP contribution in [-0.4, -0.2) is 26.3 Å². The maximum atomic E-state index is 4.57. The molecule has 3 aromatic heterocycles. The Morgan fingerprint density at radius 1 is 1.40 bits per heavy atom. The summed E-state index contributed by atoms with van der Waals surface area (Å²) in [4.78, 5) is 8.70. The minimum absolute atomic E-state index is 0.918. The van der Waals surface area contributed by atoms with Crippen molar-refractivity contribution in [3.8, 4) is 0 Å². The van der Waals surface area contributed by atoms with Crippen LogP contribution < -0.4 is 5.32 Å². The molecule has 104 valence electrons. The minimum Gasteiger partial charge on any atom is -0.361 e. The van der Waals surface area contributed by atoms with Crippen LogP contribution in [0.5, 0.6) is 0 Å². The molecule has 0 aliphatic heterocycles. The first-order chi connectivity index (χ1) is 9.74. The lowest BCUT2D eigenvalue weighted by molar-refractivity contribution is 0.774. The highest BCUT2D eigenvalue weighted by Crippen LogP contribution is 2.27.